The monoisotopic (exact) mass is 354 g/mol. The van der Waals surface area contributed by atoms with Crippen molar-refractivity contribution in [2.45, 2.75) is 57.2 Å². The molecule has 3 rings (SSSR count). The van der Waals surface area contributed by atoms with Crippen molar-refractivity contribution in [2.75, 3.05) is 18.0 Å². The standard InChI is InChI=1S/C19H25F3N2O/c20-19(21,22)15-8-10-16(11-9-15)24-12-4-7-17(24)13-23-18(25)14-5-2-1-3-6-14/h8-11,14,17H,1-7,12-13H2,(H,23,25). The van der Waals surface area contributed by atoms with E-state index in [-0.39, 0.29) is 17.9 Å². The maximum absolute atomic E-state index is 12.7. The molecule has 25 heavy (non-hydrogen) atoms. The van der Waals surface area contributed by atoms with Crippen LogP contribution in [0.1, 0.15) is 50.5 Å². The molecular formula is C19H25F3N2O. The first kappa shape index (κ1) is 18.1. The van der Waals surface area contributed by atoms with Gasteiger partial charge in [0, 0.05) is 30.7 Å². The van der Waals surface area contributed by atoms with Gasteiger partial charge in [-0.3, -0.25) is 4.79 Å². The fourth-order valence-corrected chi connectivity index (χ4v) is 3.96. The maximum Gasteiger partial charge on any atom is 0.416 e. The molecule has 6 heteroatoms. The van der Waals surface area contributed by atoms with E-state index >= 15 is 0 Å². The number of alkyl halides is 3. The summed E-state index contributed by atoms with van der Waals surface area (Å²) in [6, 6.07) is 5.48. The molecule has 1 aromatic carbocycles. The van der Waals surface area contributed by atoms with Crippen molar-refractivity contribution in [3.05, 3.63) is 29.8 Å². The van der Waals surface area contributed by atoms with Crippen LogP contribution in [0.25, 0.3) is 0 Å². The van der Waals surface area contributed by atoms with Crippen LogP contribution in [0.15, 0.2) is 24.3 Å². The molecule has 1 saturated carbocycles. The van der Waals surface area contributed by atoms with E-state index < -0.39 is 11.7 Å². The average Bonchev–Trinajstić information content (AvgIpc) is 3.08. The quantitative estimate of drug-likeness (QED) is 0.871. The van der Waals surface area contributed by atoms with Crippen molar-refractivity contribution in [3.63, 3.8) is 0 Å². The molecule has 0 radical (unpaired) electrons. The average molecular weight is 354 g/mol. The second-order valence-corrected chi connectivity index (χ2v) is 7.11. The fraction of sp³-hybridized carbons (Fsp3) is 0.632. The molecule has 0 bridgehead atoms. The predicted octanol–water partition coefficient (Wildman–Crippen LogP) is 4.37. The number of amides is 1. The van der Waals surface area contributed by atoms with Crippen LogP contribution >= 0.6 is 0 Å². The van der Waals surface area contributed by atoms with Gasteiger partial charge in [0.2, 0.25) is 5.91 Å². The topological polar surface area (TPSA) is 32.3 Å². The first-order chi connectivity index (χ1) is 11.9. The third kappa shape index (κ3) is 4.47. The van der Waals surface area contributed by atoms with E-state index in [0.717, 1.165) is 62.9 Å². The Balaban J connectivity index is 1.57. The number of rotatable bonds is 4. The molecular weight excluding hydrogens is 329 g/mol. The minimum absolute atomic E-state index is 0.134. The molecule has 1 aromatic rings. The molecule has 2 fully saturated rings. The summed E-state index contributed by atoms with van der Waals surface area (Å²) in [4.78, 5) is 14.4. The van der Waals surface area contributed by atoms with Gasteiger partial charge in [0.1, 0.15) is 0 Å². The largest absolute Gasteiger partial charge is 0.416 e. The van der Waals surface area contributed by atoms with Gasteiger partial charge < -0.3 is 10.2 Å². The lowest BCUT2D eigenvalue weighted by atomic mass is 9.88. The summed E-state index contributed by atoms with van der Waals surface area (Å²) in [5, 5.41) is 3.07. The molecule has 0 aromatic heterocycles. The van der Waals surface area contributed by atoms with Crippen molar-refractivity contribution >= 4 is 11.6 Å². The van der Waals surface area contributed by atoms with E-state index in [9.17, 15) is 18.0 Å². The lowest BCUT2D eigenvalue weighted by Crippen LogP contribution is -2.42. The van der Waals surface area contributed by atoms with Crippen LogP contribution in [-0.4, -0.2) is 25.0 Å². The van der Waals surface area contributed by atoms with Crippen LogP contribution in [0.5, 0.6) is 0 Å². The number of nitrogens with zero attached hydrogens (tertiary/aromatic N) is 1. The van der Waals surface area contributed by atoms with Crippen LogP contribution in [0.3, 0.4) is 0 Å². The summed E-state index contributed by atoms with van der Waals surface area (Å²) in [5.74, 6) is 0.272. The molecule has 0 spiro atoms. The third-order valence-corrected chi connectivity index (χ3v) is 5.39. The maximum atomic E-state index is 12.7. The minimum atomic E-state index is -4.31. The lowest BCUT2D eigenvalue weighted by molar-refractivity contribution is -0.137. The zero-order chi connectivity index (χ0) is 17.9. The Kier molecular flexibility index (Phi) is 5.54. The lowest BCUT2D eigenvalue weighted by Gasteiger charge is -2.28. The fourth-order valence-electron chi connectivity index (χ4n) is 3.96. The van der Waals surface area contributed by atoms with Crippen LogP contribution < -0.4 is 10.2 Å². The Hall–Kier alpha value is -1.72. The van der Waals surface area contributed by atoms with E-state index in [1.807, 2.05) is 0 Å². The van der Waals surface area contributed by atoms with Gasteiger partial charge in [0.25, 0.3) is 0 Å². The van der Waals surface area contributed by atoms with E-state index in [1.165, 1.54) is 18.6 Å². The Labute approximate surface area is 146 Å². The second kappa shape index (κ2) is 7.67. The summed E-state index contributed by atoms with van der Waals surface area (Å²) in [6.07, 6.45) is 3.04. The molecule has 1 saturated heterocycles. The molecule has 1 N–H and O–H groups in total. The summed E-state index contributed by atoms with van der Waals surface area (Å²) in [7, 11) is 0. The van der Waals surface area contributed by atoms with E-state index in [0.29, 0.717) is 6.54 Å². The summed E-state index contributed by atoms with van der Waals surface area (Å²) in [5.41, 5.74) is 0.167. The zero-order valence-electron chi connectivity index (χ0n) is 14.3. The van der Waals surface area contributed by atoms with E-state index in [2.05, 4.69) is 10.2 Å². The number of carbonyl (C=O) groups is 1. The number of carbonyl (C=O) groups excluding carboxylic acids is 1. The van der Waals surface area contributed by atoms with Gasteiger partial charge >= 0.3 is 6.18 Å². The SMILES string of the molecule is O=C(NCC1CCCN1c1ccc(C(F)(F)F)cc1)C1CCCCC1. The Morgan fingerprint density at radius 1 is 1.04 bits per heavy atom. The molecule has 1 amide bonds. The molecule has 1 unspecified atom stereocenters. The van der Waals surface area contributed by atoms with Crippen LogP contribution in [0.2, 0.25) is 0 Å². The third-order valence-electron chi connectivity index (χ3n) is 5.39. The van der Waals surface area contributed by atoms with Gasteiger partial charge in [-0.15, -0.1) is 0 Å². The number of anilines is 1. The van der Waals surface area contributed by atoms with Crippen molar-refractivity contribution in [1.82, 2.24) is 5.32 Å². The normalized spacial score (nSPS) is 22.2. The first-order valence-corrected chi connectivity index (χ1v) is 9.17. The van der Waals surface area contributed by atoms with Gasteiger partial charge in [-0.2, -0.15) is 13.2 Å². The highest BCUT2D eigenvalue weighted by Crippen LogP contribution is 2.32. The predicted molar refractivity (Wildman–Crippen MR) is 91.4 cm³/mol. The molecule has 2 aliphatic rings. The number of hydrogen-bond acceptors (Lipinski definition) is 2. The number of hydrogen-bond donors (Lipinski definition) is 1. The number of benzene rings is 1. The Bertz CT molecular complexity index is 579. The van der Waals surface area contributed by atoms with Crippen molar-refractivity contribution in [3.8, 4) is 0 Å². The van der Waals surface area contributed by atoms with Crippen LogP contribution in [-0.2, 0) is 11.0 Å². The van der Waals surface area contributed by atoms with Crippen molar-refractivity contribution in [2.24, 2.45) is 5.92 Å². The van der Waals surface area contributed by atoms with Gasteiger partial charge in [-0.1, -0.05) is 19.3 Å². The van der Waals surface area contributed by atoms with Crippen molar-refractivity contribution in [1.29, 1.82) is 0 Å². The summed E-state index contributed by atoms with van der Waals surface area (Å²) in [6.45, 7) is 1.38. The zero-order valence-corrected chi connectivity index (χ0v) is 14.3. The molecule has 3 nitrogen and oxygen atoms in total. The highest BCUT2D eigenvalue weighted by atomic mass is 19.4. The second-order valence-electron chi connectivity index (χ2n) is 7.11. The highest BCUT2D eigenvalue weighted by Gasteiger charge is 2.31. The molecule has 1 atom stereocenters. The van der Waals surface area contributed by atoms with Gasteiger partial charge in [-0.25, -0.2) is 0 Å². The molecule has 1 aliphatic carbocycles. The Morgan fingerprint density at radius 3 is 2.36 bits per heavy atom. The highest BCUT2D eigenvalue weighted by molar-refractivity contribution is 5.78. The van der Waals surface area contributed by atoms with Crippen LogP contribution in [0.4, 0.5) is 18.9 Å². The van der Waals surface area contributed by atoms with Gasteiger partial charge in [0.15, 0.2) is 0 Å². The summed E-state index contributed by atoms with van der Waals surface area (Å²) < 4.78 is 38.1. The van der Waals surface area contributed by atoms with Gasteiger partial charge in [0.05, 0.1) is 5.56 Å². The molecule has 138 valence electrons. The smallest absolute Gasteiger partial charge is 0.367 e. The number of nitrogens with one attached hydrogen (secondary N) is 1. The summed E-state index contributed by atoms with van der Waals surface area (Å²) >= 11 is 0. The minimum Gasteiger partial charge on any atom is -0.367 e. The molecule has 1 heterocycles. The van der Waals surface area contributed by atoms with E-state index in [4.69, 9.17) is 0 Å². The molecule has 1 aliphatic heterocycles. The van der Waals surface area contributed by atoms with E-state index in [1.54, 1.807) is 0 Å². The first-order valence-electron chi connectivity index (χ1n) is 9.17. The van der Waals surface area contributed by atoms with Gasteiger partial charge in [-0.05, 0) is 49.9 Å². The number of halogens is 3. The van der Waals surface area contributed by atoms with Crippen molar-refractivity contribution < 1.29 is 18.0 Å². The van der Waals surface area contributed by atoms with Crippen LogP contribution in [0, 0.1) is 5.92 Å². The Morgan fingerprint density at radius 2 is 1.72 bits per heavy atom.